The predicted molar refractivity (Wildman–Crippen MR) is 26.1 cm³/mol. The zero-order chi connectivity index (χ0) is 4.69. The molecule has 7 heavy (non-hydrogen) atoms. The van der Waals surface area contributed by atoms with Crippen LogP contribution in [0.1, 0.15) is 0 Å². The van der Waals surface area contributed by atoms with Gasteiger partial charge in [-0.1, -0.05) is 0 Å². The Morgan fingerprint density at radius 2 is 2.43 bits per heavy atom. The molecule has 2 aliphatic rings. The van der Waals surface area contributed by atoms with Crippen molar-refractivity contribution in [1.82, 2.24) is 5.32 Å². The average molecular weight is 99.1 g/mol. The standard InChI is InChI=1S/C5H9NO/c1-4-2-7-3-5(4)6-1/h4-6H,1-3H2/t4-,5+/m1/s1. The summed E-state index contributed by atoms with van der Waals surface area (Å²) in [5.74, 6) is 0.861. The minimum atomic E-state index is 0.722. The van der Waals surface area contributed by atoms with Crippen molar-refractivity contribution in [2.45, 2.75) is 6.04 Å². The monoisotopic (exact) mass is 99.1 g/mol. The summed E-state index contributed by atoms with van der Waals surface area (Å²) in [5.41, 5.74) is 0. The Balaban J connectivity index is 2.03. The van der Waals surface area contributed by atoms with E-state index in [1.165, 1.54) is 6.54 Å². The van der Waals surface area contributed by atoms with Gasteiger partial charge in [0.1, 0.15) is 0 Å². The summed E-state index contributed by atoms with van der Waals surface area (Å²) in [6.07, 6.45) is 0. The van der Waals surface area contributed by atoms with Gasteiger partial charge in [-0.25, -0.2) is 0 Å². The molecule has 2 nitrogen and oxygen atoms in total. The van der Waals surface area contributed by atoms with Gasteiger partial charge in [-0.3, -0.25) is 0 Å². The van der Waals surface area contributed by atoms with E-state index in [-0.39, 0.29) is 0 Å². The topological polar surface area (TPSA) is 21.3 Å². The van der Waals surface area contributed by atoms with Crippen LogP contribution in [0.4, 0.5) is 0 Å². The summed E-state index contributed by atoms with van der Waals surface area (Å²) in [4.78, 5) is 0. The van der Waals surface area contributed by atoms with E-state index in [0.717, 1.165) is 25.2 Å². The smallest absolute Gasteiger partial charge is 0.0623 e. The predicted octanol–water partition coefficient (Wildman–Crippen LogP) is -0.395. The Morgan fingerprint density at radius 1 is 1.43 bits per heavy atom. The lowest BCUT2D eigenvalue weighted by Crippen LogP contribution is -2.51. The van der Waals surface area contributed by atoms with Crippen molar-refractivity contribution in [2.75, 3.05) is 19.8 Å². The van der Waals surface area contributed by atoms with Crippen molar-refractivity contribution >= 4 is 0 Å². The summed E-state index contributed by atoms with van der Waals surface area (Å²) in [7, 11) is 0. The number of hydrogen-bond acceptors (Lipinski definition) is 2. The van der Waals surface area contributed by atoms with Gasteiger partial charge in [-0.15, -0.1) is 0 Å². The maximum atomic E-state index is 5.17. The molecule has 2 rings (SSSR count). The maximum absolute atomic E-state index is 5.17. The second kappa shape index (κ2) is 1.20. The molecule has 0 aromatic rings. The molecule has 0 aromatic heterocycles. The van der Waals surface area contributed by atoms with E-state index in [9.17, 15) is 0 Å². The summed E-state index contributed by atoms with van der Waals surface area (Å²) in [6.45, 7) is 3.13. The molecule has 2 aliphatic heterocycles. The summed E-state index contributed by atoms with van der Waals surface area (Å²) >= 11 is 0. The van der Waals surface area contributed by atoms with Crippen LogP contribution in [-0.2, 0) is 4.74 Å². The third-order valence-corrected chi connectivity index (χ3v) is 1.84. The fraction of sp³-hybridized carbons (Fsp3) is 1.00. The normalized spacial score (nSPS) is 48.0. The van der Waals surface area contributed by atoms with Crippen LogP contribution < -0.4 is 5.32 Å². The molecule has 0 radical (unpaired) electrons. The minimum absolute atomic E-state index is 0.722. The highest BCUT2D eigenvalue weighted by Gasteiger charge is 2.34. The quantitative estimate of drug-likeness (QED) is 0.446. The van der Waals surface area contributed by atoms with Gasteiger partial charge in [-0.05, 0) is 0 Å². The number of ether oxygens (including phenoxy) is 1. The molecule has 2 fully saturated rings. The van der Waals surface area contributed by atoms with Gasteiger partial charge in [0, 0.05) is 18.5 Å². The number of hydrogen-bond donors (Lipinski definition) is 1. The van der Waals surface area contributed by atoms with Gasteiger partial charge in [0.05, 0.1) is 13.2 Å². The van der Waals surface area contributed by atoms with Crippen LogP contribution in [0.25, 0.3) is 0 Å². The molecule has 2 atom stereocenters. The molecule has 2 heteroatoms. The van der Waals surface area contributed by atoms with Gasteiger partial charge in [0.2, 0.25) is 0 Å². The molecular formula is C5H9NO. The molecular weight excluding hydrogens is 90.1 g/mol. The van der Waals surface area contributed by atoms with Crippen molar-refractivity contribution in [3.8, 4) is 0 Å². The Bertz CT molecular complexity index is 74.1. The first-order valence-corrected chi connectivity index (χ1v) is 2.78. The zero-order valence-corrected chi connectivity index (χ0v) is 4.18. The van der Waals surface area contributed by atoms with Crippen molar-refractivity contribution in [3.63, 3.8) is 0 Å². The van der Waals surface area contributed by atoms with E-state index in [1.54, 1.807) is 0 Å². The molecule has 2 heterocycles. The number of fused-ring (bicyclic) bond motifs is 1. The van der Waals surface area contributed by atoms with Crippen LogP contribution in [0.3, 0.4) is 0 Å². The Labute approximate surface area is 42.9 Å². The van der Waals surface area contributed by atoms with E-state index in [4.69, 9.17) is 4.74 Å². The van der Waals surface area contributed by atoms with Crippen LogP contribution in [0.2, 0.25) is 0 Å². The maximum Gasteiger partial charge on any atom is 0.0623 e. The summed E-state index contributed by atoms with van der Waals surface area (Å²) in [5, 5.41) is 3.28. The van der Waals surface area contributed by atoms with E-state index in [1.807, 2.05) is 0 Å². The SMILES string of the molecule is C1N[C@H]2COC[C@@H]12. The van der Waals surface area contributed by atoms with Crippen molar-refractivity contribution in [3.05, 3.63) is 0 Å². The molecule has 0 saturated carbocycles. The molecule has 0 aliphatic carbocycles. The fourth-order valence-corrected chi connectivity index (χ4v) is 1.17. The number of nitrogens with one attached hydrogen (secondary N) is 1. The zero-order valence-electron chi connectivity index (χ0n) is 4.18. The summed E-state index contributed by atoms with van der Waals surface area (Å²) < 4.78 is 5.17. The molecule has 1 N–H and O–H groups in total. The molecule has 40 valence electrons. The Morgan fingerprint density at radius 3 is 2.71 bits per heavy atom. The molecule has 0 aromatic carbocycles. The highest BCUT2D eigenvalue weighted by molar-refractivity contribution is 4.91. The first-order valence-electron chi connectivity index (χ1n) is 2.78. The van der Waals surface area contributed by atoms with Crippen molar-refractivity contribution in [2.24, 2.45) is 5.92 Å². The van der Waals surface area contributed by atoms with Crippen LogP contribution >= 0.6 is 0 Å². The lowest BCUT2D eigenvalue weighted by atomic mass is 9.96. The van der Waals surface area contributed by atoms with Crippen molar-refractivity contribution in [1.29, 1.82) is 0 Å². The first kappa shape index (κ1) is 3.87. The minimum Gasteiger partial charge on any atom is -0.379 e. The molecule has 2 saturated heterocycles. The molecule has 0 unspecified atom stereocenters. The van der Waals surface area contributed by atoms with Gasteiger partial charge in [-0.2, -0.15) is 0 Å². The van der Waals surface area contributed by atoms with Gasteiger partial charge < -0.3 is 10.1 Å². The third kappa shape index (κ3) is 0.409. The number of rotatable bonds is 0. The lowest BCUT2D eigenvalue weighted by molar-refractivity contribution is 0.191. The highest BCUT2D eigenvalue weighted by Crippen LogP contribution is 2.19. The van der Waals surface area contributed by atoms with Gasteiger partial charge >= 0.3 is 0 Å². The van der Waals surface area contributed by atoms with Gasteiger partial charge in [0.15, 0.2) is 0 Å². The van der Waals surface area contributed by atoms with E-state index >= 15 is 0 Å². The second-order valence-electron chi connectivity index (χ2n) is 2.31. The van der Waals surface area contributed by atoms with Crippen LogP contribution in [0, 0.1) is 5.92 Å². The molecule has 0 amide bonds. The second-order valence-corrected chi connectivity index (χ2v) is 2.31. The largest absolute Gasteiger partial charge is 0.379 e. The average Bonchev–Trinajstić information content (AvgIpc) is 1.85. The van der Waals surface area contributed by atoms with E-state index in [2.05, 4.69) is 5.32 Å². The van der Waals surface area contributed by atoms with Gasteiger partial charge in [0.25, 0.3) is 0 Å². The molecule has 0 bridgehead atoms. The van der Waals surface area contributed by atoms with Crippen LogP contribution in [0.15, 0.2) is 0 Å². The third-order valence-electron chi connectivity index (χ3n) is 1.84. The lowest BCUT2D eigenvalue weighted by Gasteiger charge is -2.29. The van der Waals surface area contributed by atoms with Crippen molar-refractivity contribution < 1.29 is 4.74 Å². The molecule has 0 spiro atoms. The summed E-state index contributed by atoms with van der Waals surface area (Å²) in [6, 6.07) is 0.722. The highest BCUT2D eigenvalue weighted by atomic mass is 16.5. The Kier molecular flexibility index (Phi) is 0.664. The van der Waals surface area contributed by atoms with Crippen LogP contribution in [-0.4, -0.2) is 25.8 Å². The Hall–Kier alpha value is -0.0800. The fourth-order valence-electron chi connectivity index (χ4n) is 1.17. The van der Waals surface area contributed by atoms with Crippen LogP contribution in [0.5, 0.6) is 0 Å². The first-order chi connectivity index (χ1) is 3.47. The van der Waals surface area contributed by atoms with E-state index in [0.29, 0.717) is 0 Å². The van der Waals surface area contributed by atoms with E-state index < -0.39 is 0 Å².